The molecule has 0 aromatic heterocycles. The zero-order valence-corrected chi connectivity index (χ0v) is 20.4. The monoisotopic (exact) mass is 520 g/mol. The van der Waals surface area contributed by atoms with Crippen LogP contribution in [-0.4, -0.2) is 40.9 Å². The number of hydrazone groups is 1. The number of ether oxygens (including phenoxy) is 3. The van der Waals surface area contributed by atoms with Crippen LogP contribution >= 0.6 is 11.6 Å². The Bertz CT molecular complexity index is 1380. The molecular weight excluding hydrogens is 500 g/mol. The maximum absolute atomic E-state index is 12.7. The maximum Gasteiger partial charge on any atom is 0.295 e. The zero-order chi connectivity index (χ0) is 25.6. The van der Waals surface area contributed by atoms with Gasteiger partial charge in [0.05, 0.1) is 43.1 Å². The van der Waals surface area contributed by atoms with E-state index in [-0.39, 0.29) is 16.3 Å². The molecule has 0 aliphatic heterocycles. The van der Waals surface area contributed by atoms with Gasteiger partial charge >= 0.3 is 0 Å². The Balaban J connectivity index is 1.88. The lowest BCUT2D eigenvalue weighted by Gasteiger charge is -2.13. The Labute approximate surface area is 206 Å². The standard InChI is InChI=1S/C22H21ClN4O7S/c1-32-20-10-7-14(21(33-2)22(20)34-3)13-24-25-18-9-8-17(12-19(18)27(28)29)35(30,31)26-16-6-4-5-15(23)11-16/h4-13,25-26H,1-3H3. The molecule has 13 heteroatoms. The van der Waals surface area contributed by atoms with Crippen LogP contribution in [-0.2, 0) is 10.0 Å². The van der Waals surface area contributed by atoms with Gasteiger partial charge in [-0.2, -0.15) is 5.10 Å². The van der Waals surface area contributed by atoms with Crippen molar-refractivity contribution < 1.29 is 27.6 Å². The maximum atomic E-state index is 12.7. The van der Waals surface area contributed by atoms with E-state index in [9.17, 15) is 18.5 Å². The highest BCUT2D eigenvalue weighted by Gasteiger charge is 2.22. The Morgan fingerprint density at radius 1 is 1.00 bits per heavy atom. The van der Waals surface area contributed by atoms with E-state index < -0.39 is 20.6 Å². The third kappa shape index (κ3) is 5.91. The molecule has 35 heavy (non-hydrogen) atoms. The average Bonchev–Trinajstić information content (AvgIpc) is 2.83. The van der Waals surface area contributed by atoms with E-state index >= 15 is 0 Å². The first kappa shape index (κ1) is 25.6. The highest BCUT2D eigenvalue weighted by Crippen LogP contribution is 2.39. The number of sulfonamides is 1. The summed E-state index contributed by atoms with van der Waals surface area (Å²) in [6.07, 6.45) is 1.37. The van der Waals surface area contributed by atoms with Crippen molar-refractivity contribution in [2.75, 3.05) is 31.5 Å². The van der Waals surface area contributed by atoms with E-state index in [1.807, 2.05) is 0 Å². The highest BCUT2D eigenvalue weighted by molar-refractivity contribution is 7.92. The fraction of sp³-hybridized carbons (Fsp3) is 0.136. The van der Waals surface area contributed by atoms with E-state index in [1.54, 1.807) is 24.3 Å². The van der Waals surface area contributed by atoms with Crippen LogP contribution in [0, 0.1) is 10.1 Å². The van der Waals surface area contributed by atoms with E-state index in [2.05, 4.69) is 15.2 Å². The SMILES string of the molecule is COc1ccc(C=NNc2ccc(S(=O)(=O)Nc3cccc(Cl)c3)cc2[N+](=O)[O-])c(OC)c1OC. The summed E-state index contributed by atoms with van der Waals surface area (Å²) >= 11 is 5.88. The average molecular weight is 521 g/mol. The summed E-state index contributed by atoms with van der Waals surface area (Å²) in [4.78, 5) is 10.6. The third-order valence-corrected chi connectivity index (χ3v) is 6.29. The molecule has 0 aliphatic rings. The van der Waals surface area contributed by atoms with Gasteiger partial charge in [0.15, 0.2) is 11.5 Å². The number of methoxy groups -OCH3 is 3. The molecule has 0 spiro atoms. The van der Waals surface area contributed by atoms with Gasteiger partial charge < -0.3 is 14.2 Å². The molecule has 0 heterocycles. The first-order valence-electron chi connectivity index (χ1n) is 9.85. The summed E-state index contributed by atoms with van der Waals surface area (Å²) in [5.41, 5.74) is 2.78. The van der Waals surface area contributed by atoms with Crippen LogP contribution in [0.15, 0.2) is 64.6 Å². The van der Waals surface area contributed by atoms with Crippen molar-refractivity contribution in [3.8, 4) is 17.2 Å². The van der Waals surface area contributed by atoms with Crippen LogP contribution in [0.25, 0.3) is 0 Å². The topological polar surface area (TPSA) is 141 Å². The largest absolute Gasteiger partial charge is 0.493 e. The van der Waals surface area contributed by atoms with Crippen molar-refractivity contribution in [3.05, 3.63) is 75.3 Å². The Hall–Kier alpha value is -4.03. The Kier molecular flexibility index (Phi) is 7.99. The van der Waals surface area contributed by atoms with Crippen LogP contribution in [0.2, 0.25) is 5.02 Å². The quantitative estimate of drug-likeness (QED) is 0.226. The second-order valence-electron chi connectivity index (χ2n) is 6.85. The molecule has 0 bridgehead atoms. The summed E-state index contributed by atoms with van der Waals surface area (Å²) in [5.74, 6) is 1.15. The molecule has 184 valence electrons. The van der Waals surface area contributed by atoms with E-state index in [0.29, 0.717) is 27.8 Å². The minimum atomic E-state index is -4.11. The number of nitrogens with zero attached hydrogens (tertiary/aromatic N) is 2. The molecule has 3 aromatic carbocycles. The van der Waals surface area contributed by atoms with Gasteiger partial charge in [0, 0.05) is 16.7 Å². The minimum Gasteiger partial charge on any atom is -0.493 e. The molecule has 0 atom stereocenters. The number of rotatable bonds is 10. The summed E-state index contributed by atoms with van der Waals surface area (Å²) in [6, 6.07) is 12.8. The fourth-order valence-corrected chi connectivity index (χ4v) is 4.35. The molecule has 0 radical (unpaired) electrons. The van der Waals surface area contributed by atoms with Gasteiger partial charge in [0.2, 0.25) is 5.75 Å². The van der Waals surface area contributed by atoms with E-state index in [1.165, 1.54) is 51.8 Å². The second-order valence-corrected chi connectivity index (χ2v) is 8.96. The van der Waals surface area contributed by atoms with Crippen LogP contribution in [0.4, 0.5) is 17.1 Å². The normalized spacial score (nSPS) is 11.2. The molecule has 3 rings (SSSR count). The molecule has 0 unspecified atom stereocenters. The van der Waals surface area contributed by atoms with Crippen LogP contribution in [0.1, 0.15) is 5.56 Å². The highest BCUT2D eigenvalue weighted by atomic mass is 35.5. The molecule has 0 saturated heterocycles. The molecular formula is C22H21ClN4O7S. The van der Waals surface area contributed by atoms with Crippen molar-refractivity contribution in [1.82, 2.24) is 0 Å². The summed E-state index contributed by atoms with van der Waals surface area (Å²) in [5, 5.41) is 16.0. The number of nitro groups is 1. The first-order chi connectivity index (χ1) is 16.7. The first-order valence-corrected chi connectivity index (χ1v) is 11.7. The van der Waals surface area contributed by atoms with Crippen LogP contribution in [0.5, 0.6) is 17.2 Å². The molecule has 2 N–H and O–H groups in total. The number of halogens is 1. The van der Waals surface area contributed by atoms with Crippen molar-refractivity contribution in [3.63, 3.8) is 0 Å². The van der Waals surface area contributed by atoms with Gasteiger partial charge in [-0.05, 0) is 42.5 Å². The van der Waals surface area contributed by atoms with Gasteiger partial charge in [-0.3, -0.25) is 20.3 Å². The Morgan fingerprint density at radius 3 is 2.37 bits per heavy atom. The zero-order valence-electron chi connectivity index (χ0n) is 18.8. The van der Waals surface area contributed by atoms with Gasteiger partial charge in [-0.25, -0.2) is 8.42 Å². The van der Waals surface area contributed by atoms with Crippen molar-refractivity contribution in [1.29, 1.82) is 0 Å². The smallest absolute Gasteiger partial charge is 0.295 e. The summed E-state index contributed by atoms with van der Waals surface area (Å²) in [6.45, 7) is 0. The van der Waals surface area contributed by atoms with Crippen LogP contribution in [0.3, 0.4) is 0 Å². The number of hydrogen-bond acceptors (Lipinski definition) is 9. The lowest BCUT2D eigenvalue weighted by molar-refractivity contribution is -0.384. The third-order valence-electron chi connectivity index (χ3n) is 4.68. The second kappa shape index (κ2) is 10.9. The lowest BCUT2D eigenvalue weighted by atomic mass is 10.2. The van der Waals surface area contributed by atoms with Gasteiger partial charge in [0.25, 0.3) is 15.7 Å². The van der Waals surface area contributed by atoms with Crippen molar-refractivity contribution in [2.24, 2.45) is 5.10 Å². The van der Waals surface area contributed by atoms with Crippen LogP contribution < -0.4 is 24.4 Å². The predicted molar refractivity (Wildman–Crippen MR) is 133 cm³/mol. The molecule has 0 saturated carbocycles. The summed E-state index contributed by atoms with van der Waals surface area (Å²) in [7, 11) is 0.281. The molecule has 11 nitrogen and oxygen atoms in total. The fourth-order valence-electron chi connectivity index (χ4n) is 3.09. The Morgan fingerprint density at radius 2 is 1.74 bits per heavy atom. The van der Waals surface area contributed by atoms with Gasteiger partial charge in [-0.15, -0.1) is 0 Å². The van der Waals surface area contributed by atoms with Crippen molar-refractivity contribution >= 4 is 44.9 Å². The molecule has 0 fully saturated rings. The molecule has 0 amide bonds. The van der Waals surface area contributed by atoms with E-state index in [0.717, 1.165) is 6.07 Å². The number of anilines is 2. The predicted octanol–water partition coefficient (Wildman–Crippen LogP) is 4.52. The number of benzene rings is 3. The molecule has 3 aromatic rings. The number of nitrogens with one attached hydrogen (secondary N) is 2. The minimum absolute atomic E-state index is 0.0209. The van der Waals surface area contributed by atoms with Gasteiger partial charge in [-0.1, -0.05) is 17.7 Å². The summed E-state index contributed by atoms with van der Waals surface area (Å²) < 4.78 is 43.7. The lowest BCUT2D eigenvalue weighted by Crippen LogP contribution is -2.13. The number of hydrogen-bond donors (Lipinski definition) is 2. The van der Waals surface area contributed by atoms with Gasteiger partial charge in [0.1, 0.15) is 5.69 Å². The van der Waals surface area contributed by atoms with E-state index in [4.69, 9.17) is 25.8 Å². The van der Waals surface area contributed by atoms with Crippen molar-refractivity contribution in [2.45, 2.75) is 4.90 Å². The molecule has 0 aliphatic carbocycles. The number of nitro benzene ring substituents is 1.